The van der Waals surface area contributed by atoms with E-state index in [1.54, 1.807) is 0 Å². The lowest BCUT2D eigenvalue weighted by Gasteiger charge is -2.30. The van der Waals surface area contributed by atoms with Gasteiger partial charge < -0.3 is 24.2 Å². The molecule has 1 heterocycles. The molecule has 1 saturated carbocycles. The van der Waals surface area contributed by atoms with E-state index in [9.17, 15) is 5.11 Å². The summed E-state index contributed by atoms with van der Waals surface area (Å²) < 4.78 is 17.2. The molecule has 0 saturated heterocycles. The van der Waals surface area contributed by atoms with Crippen LogP contribution in [-0.2, 0) is 4.74 Å². The van der Waals surface area contributed by atoms with Crippen molar-refractivity contribution in [2.45, 2.75) is 50.4 Å². The van der Waals surface area contributed by atoms with E-state index in [1.807, 2.05) is 24.3 Å². The first-order chi connectivity index (χ1) is 11.7. The molecule has 0 amide bonds. The largest absolute Gasteiger partial charge is 0.486 e. The number of ether oxygens (including phenoxy) is 3. The van der Waals surface area contributed by atoms with Crippen LogP contribution in [0.2, 0.25) is 0 Å². The minimum Gasteiger partial charge on any atom is -0.486 e. The third-order valence-electron chi connectivity index (χ3n) is 5.04. The molecular formula is C19H30NO4+. The molecule has 24 heavy (non-hydrogen) atoms. The van der Waals surface area contributed by atoms with Gasteiger partial charge in [-0.3, -0.25) is 0 Å². The Morgan fingerprint density at radius 3 is 2.75 bits per heavy atom. The van der Waals surface area contributed by atoms with Crippen molar-refractivity contribution in [3.63, 3.8) is 0 Å². The van der Waals surface area contributed by atoms with E-state index in [-0.39, 0.29) is 6.10 Å². The number of nitrogens with one attached hydrogen (secondary N) is 1. The van der Waals surface area contributed by atoms with E-state index in [2.05, 4.69) is 7.05 Å². The highest BCUT2D eigenvalue weighted by molar-refractivity contribution is 5.40. The summed E-state index contributed by atoms with van der Waals surface area (Å²) in [6, 6.07) is 8.36. The van der Waals surface area contributed by atoms with Gasteiger partial charge in [0.25, 0.3) is 0 Å². The molecule has 1 fully saturated rings. The van der Waals surface area contributed by atoms with Gasteiger partial charge in [-0.05, 0) is 37.8 Å². The maximum Gasteiger partial charge on any atom is 0.161 e. The number of para-hydroxylation sites is 2. The Labute approximate surface area is 144 Å². The number of benzene rings is 1. The zero-order valence-electron chi connectivity index (χ0n) is 14.6. The zero-order valence-corrected chi connectivity index (χ0v) is 14.6. The average Bonchev–Trinajstić information content (AvgIpc) is 2.62. The summed E-state index contributed by atoms with van der Waals surface area (Å²) in [5.41, 5.74) is 0. The maximum absolute atomic E-state index is 10.2. The molecule has 0 spiro atoms. The van der Waals surface area contributed by atoms with Crippen LogP contribution in [0.15, 0.2) is 24.3 Å². The van der Waals surface area contributed by atoms with Crippen molar-refractivity contribution in [1.29, 1.82) is 0 Å². The van der Waals surface area contributed by atoms with E-state index in [1.165, 1.54) is 37.0 Å². The lowest BCUT2D eigenvalue weighted by atomic mass is 9.94. The number of hydrogen-bond donors (Lipinski definition) is 2. The summed E-state index contributed by atoms with van der Waals surface area (Å²) in [4.78, 5) is 1.43. The van der Waals surface area contributed by atoms with Crippen molar-refractivity contribution in [2.24, 2.45) is 0 Å². The first-order valence-corrected chi connectivity index (χ1v) is 9.19. The van der Waals surface area contributed by atoms with Crippen molar-refractivity contribution in [2.75, 3.05) is 33.4 Å². The number of hydrogen-bond acceptors (Lipinski definition) is 4. The molecule has 0 bridgehead atoms. The lowest BCUT2D eigenvalue weighted by molar-refractivity contribution is -0.910. The van der Waals surface area contributed by atoms with E-state index in [4.69, 9.17) is 14.2 Å². The van der Waals surface area contributed by atoms with Crippen LogP contribution in [0.25, 0.3) is 0 Å². The van der Waals surface area contributed by atoms with Crippen molar-refractivity contribution in [3.05, 3.63) is 24.3 Å². The molecule has 5 nitrogen and oxygen atoms in total. The van der Waals surface area contributed by atoms with Gasteiger partial charge in [-0.15, -0.1) is 0 Å². The molecule has 1 aliphatic heterocycles. The second kappa shape index (κ2) is 8.70. The molecule has 5 heteroatoms. The summed E-state index contributed by atoms with van der Waals surface area (Å²) in [5, 5.41) is 10.2. The first kappa shape index (κ1) is 17.5. The highest BCUT2D eigenvalue weighted by Gasteiger charge is 2.24. The molecule has 134 valence electrons. The minimum absolute atomic E-state index is 0.115. The Balaban J connectivity index is 1.34. The van der Waals surface area contributed by atoms with Gasteiger partial charge in [-0.25, -0.2) is 0 Å². The summed E-state index contributed by atoms with van der Waals surface area (Å²) >= 11 is 0. The van der Waals surface area contributed by atoms with Gasteiger partial charge in [0.1, 0.15) is 19.3 Å². The third-order valence-corrected chi connectivity index (χ3v) is 5.04. The van der Waals surface area contributed by atoms with Crippen LogP contribution in [-0.4, -0.2) is 56.8 Å². The highest BCUT2D eigenvalue weighted by atomic mass is 16.6. The number of aliphatic hydroxyl groups is 1. The van der Waals surface area contributed by atoms with Crippen LogP contribution >= 0.6 is 0 Å². The fraction of sp³-hybridized carbons (Fsp3) is 0.684. The van der Waals surface area contributed by atoms with Crippen molar-refractivity contribution >= 4 is 0 Å². The molecule has 1 aromatic rings. The predicted octanol–water partition coefficient (Wildman–Crippen LogP) is 1.05. The monoisotopic (exact) mass is 336 g/mol. The van der Waals surface area contributed by atoms with Gasteiger partial charge in [0, 0.05) is 0 Å². The van der Waals surface area contributed by atoms with Crippen LogP contribution in [0, 0.1) is 0 Å². The summed E-state index contributed by atoms with van der Waals surface area (Å²) in [5.74, 6) is 1.55. The SMILES string of the molecule is C[NH+](C[C@H](O)COC[C@@H]1COc2ccccc2O1)C1CCCCC1. The number of fused-ring (bicyclic) bond motifs is 1. The summed E-state index contributed by atoms with van der Waals surface area (Å²) in [7, 11) is 2.19. The van der Waals surface area contributed by atoms with Gasteiger partial charge in [-0.1, -0.05) is 18.6 Å². The van der Waals surface area contributed by atoms with Crippen molar-refractivity contribution in [3.8, 4) is 11.5 Å². The van der Waals surface area contributed by atoms with Crippen LogP contribution in [0.3, 0.4) is 0 Å². The van der Waals surface area contributed by atoms with Crippen molar-refractivity contribution in [1.82, 2.24) is 0 Å². The fourth-order valence-corrected chi connectivity index (χ4v) is 3.67. The van der Waals surface area contributed by atoms with E-state index in [0.29, 0.717) is 25.9 Å². The lowest BCUT2D eigenvalue weighted by Crippen LogP contribution is -3.14. The Hall–Kier alpha value is -1.30. The molecule has 1 unspecified atom stereocenters. The molecular weight excluding hydrogens is 306 g/mol. The minimum atomic E-state index is -0.427. The molecule has 0 aromatic heterocycles. The third kappa shape index (κ3) is 4.85. The molecule has 2 aliphatic rings. The van der Waals surface area contributed by atoms with E-state index in [0.717, 1.165) is 18.0 Å². The second-order valence-corrected chi connectivity index (χ2v) is 7.07. The van der Waals surface area contributed by atoms with Gasteiger partial charge in [0.05, 0.1) is 26.3 Å². The van der Waals surface area contributed by atoms with Crippen LogP contribution < -0.4 is 14.4 Å². The Kier molecular flexibility index (Phi) is 6.35. The molecule has 1 aliphatic carbocycles. The molecule has 1 aromatic carbocycles. The normalized spacial score (nSPS) is 23.7. The van der Waals surface area contributed by atoms with Crippen LogP contribution in [0.5, 0.6) is 11.5 Å². The smallest absolute Gasteiger partial charge is 0.161 e. The zero-order chi connectivity index (χ0) is 16.8. The van der Waals surface area contributed by atoms with Crippen LogP contribution in [0.4, 0.5) is 0 Å². The van der Waals surface area contributed by atoms with Crippen molar-refractivity contribution < 1.29 is 24.2 Å². The molecule has 3 atom stereocenters. The van der Waals surface area contributed by atoms with Crippen LogP contribution in [0.1, 0.15) is 32.1 Å². The standard InChI is InChI=1S/C19H29NO4/c1-20(15-7-3-2-4-8-15)11-16(21)12-22-13-17-14-23-18-9-5-6-10-19(18)24-17/h5-6,9-10,15-17,21H,2-4,7-8,11-14H2,1H3/p+1/t16-,17+/m0/s1. The first-order valence-electron chi connectivity index (χ1n) is 9.19. The maximum atomic E-state index is 10.2. The van der Waals surface area contributed by atoms with Gasteiger partial charge >= 0.3 is 0 Å². The quantitative estimate of drug-likeness (QED) is 0.782. The van der Waals surface area contributed by atoms with E-state index >= 15 is 0 Å². The van der Waals surface area contributed by atoms with Gasteiger partial charge in [0.2, 0.25) is 0 Å². The Morgan fingerprint density at radius 2 is 1.96 bits per heavy atom. The fourth-order valence-electron chi connectivity index (χ4n) is 3.67. The Bertz CT molecular complexity index is 504. The number of quaternary nitrogens is 1. The average molecular weight is 336 g/mol. The number of rotatable bonds is 7. The molecule has 2 N–H and O–H groups in total. The predicted molar refractivity (Wildman–Crippen MR) is 91.8 cm³/mol. The number of likely N-dealkylation sites (N-methyl/N-ethyl adjacent to an activating group) is 1. The topological polar surface area (TPSA) is 52.4 Å². The van der Waals surface area contributed by atoms with Gasteiger partial charge in [-0.2, -0.15) is 0 Å². The Morgan fingerprint density at radius 1 is 1.21 bits per heavy atom. The van der Waals surface area contributed by atoms with Gasteiger partial charge in [0.15, 0.2) is 17.6 Å². The summed E-state index contributed by atoms with van der Waals surface area (Å²) in [6.45, 7) is 2.02. The highest BCUT2D eigenvalue weighted by Crippen LogP contribution is 2.30. The second-order valence-electron chi connectivity index (χ2n) is 7.07. The molecule has 0 radical (unpaired) electrons. The summed E-state index contributed by atoms with van der Waals surface area (Å²) in [6.07, 6.45) is 6.05. The van der Waals surface area contributed by atoms with E-state index < -0.39 is 6.10 Å². The number of aliphatic hydroxyl groups excluding tert-OH is 1. The molecule has 3 rings (SSSR count).